The molecule has 118 valence electrons. The second-order valence-electron chi connectivity index (χ2n) is 5.61. The Labute approximate surface area is 122 Å². The van der Waals surface area contributed by atoms with Gasteiger partial charge in [-0.25, -0.2) is 0 Å². The molecule has 1 aliphatic heterocycles. The normalized spacial score (nSPS) is 20.9. The molecule has 4 heteroatoms. The topological polar surface area (TPSA) is 59.1 Å². The SMILES string of the molecule is CCCCCCC1OC1CCCCCC(=O)OCCO. The second kappa shape index (κ2) is 11.1. The summed E-state index contributed by atoms with van der Waals surface area (Å²) >= 11 is 0. The quantitative estimate of drug-likeness (QED) is 0.321. The van der Waals surface area contributed by atoms with Crippen LogP contribution in [-0.4, -0.2) is 36.5 Å². The highest BCUT2D eigenvalue weighted by molar-refractivity contribution is 5.69. The lowest BCUT2D eigenvalue weighted by Crippen LogP contribution is -2.07. The fourth-order valence-corrected chi connectivity index (χ4v) is 2.48. The van der Waals surface area contributed by atoms with Crippen LogP contribution in [0.1, 0.15) is 71.1 Å². The van der Waals surface area contributed by atoms with Crippen molar-refractivity contribution in [2.24, 2.45) is 0 Å². The van der Waals surface area contributed by atoms with Gasteiger partial charge in [-0.2, -0.15) is 0 Å². The number of aliphatic hydroxyl groups excluding tert-OH is 1. The summed E-state index contributed by atoms with van der Waals surface area (Å²) in [5.41, 5.74) is 0. The third kappa shape index (κ3) is 8.54. The number of rotatable bonds is 13. The zero-order valence-electron chi connectivity index (χ0n) is 12.8. The van der Waals surface area contributed by atoms with Crippen LogP contribution in [0.2, 0.25) is 0 Å². The van der Waals surface area contributed by atoms with E-state index in [1.165, 1.54) is 32.1 Å². The summed E-state index contributed by atoms with van der Waals surface area (Å²) in [7, 11) is 0. The predicted molar refractivity (Wildman–Crippen MR) is 78.5 cm³/mol. The molecule has 0 spiro atoms. The smallest absolute Gasteiger partial charge is 0.305 e. The summed E-state index contributed by atoms with van der Waals surface area (Å²) < 4.78 is 10.5. The zero-order chi connectivity index (χ0) is 14.6. The van der Waals surface area contributed by atoms with Gasteiger partial charge >= 0.3 is 5.97 Å². The van der Waals surface area contributed by atoms with Gasteiger partial charge in [-0.1, -0.05) is 45.4 Å². The van der Waals surface area contributed by atoms with E-state index in [1.807, 2.05) is 0 Å². The summed E-state index contributed by atoms with van der Waals surface area (Å²) in [6, 6.07) is 0. The van der Waals surface area contributed by atoms with Crippen molar-refractivity contribution >= 4 is 5.97 Å². The fraction of sp³-hybridized carbons (Fsp3) is 0.938. The van der Waals surface area contributed by atoms with Gasteiger partial charge in [0.25, 0.3) is 0 Å². The number of esters is 1. The van der Waals surface area contributed by atoms with E-state index in [2.05, 4.69) is 6.92 Å². The van der Waals surface area contributed by atoms with E-state index in [0.717, 1.165) is 25.7 Å². The molecule has 0 aromatic carbocycles. The highest BCUT2D eigenvalue weighted by atomic mass is 16.6. The first kappa shape index (κ1) is 17.4. The number of aliphatic hydroxyl groups is 1. The van der Waals surface area contributed by atoms with Crippen molar-refractivity contribution in [1.82, 2.24) is 0 Å². The first-order valence-corrected chi connectivity index (χ1v) is 8.20. The minimum Gasteiger partial charge on any atom is -0.463 e. The van der Waals surface area contributed by atoms with Gasteiger partial charge in [0.05, 0.1) is 18.8 Å². The first-order valence-electron chi connectivity index (χ1n) is 8.20. The number of hydrogen-bond acceptors (Lipinski definition) is 4. The van der Waals surface area contributed by atoms with Crippen LogP contribution in [0.15, 0.2) is 0 Å². The van der Waals surface area contributed by atoms with E-state index < -0.39 is 0 Å². The van der Waals surface area contributed by atoms with Crippen molar-refractivity contribution in [3.8, 4) is 0 Å². The van der Waals surface area contributed by atoms with E-state index in [1.54, 1.807) is 0 Å². The molecule has 0 saturated carbocycles. The minimum absolute atomic E-state index is 0.0929. The molecule has 0 aromatic heterocycles. The molecule has 0 aromatic rings. The standard InChI is InChI=1S/C16H30O4/c1-2-3-4-6-9-14-15(20-14)10-7-5-8-11-16(18)19-13-12-17/h14-15,17H,2-13H2,1H3. The molecular formula is C16H30O4. The Morgan fingerprint density at radius 3 is 2.30 bits per heavy atom. The Hall–Kier alpha value is -0.610. The molecule has 0 amide bonds. The van der Waals surface area contributed by atoms with Gasteiger partial charge in [-0.3, -0.25) is 4.79 Å². The lowest BCUT2D eigenvalue weighted by atomic mass is 10.1. The average molecular weight is 286 g/mol. The third-order valence-corrected chi connectivity index (χ3v) is 3.75. The molecule has 20 heavy (non-hydrogen) atoms. The lowest BCUT2D eigenvalue weighted by Gasteiger charge is -2.02. The highest BCUT2D eigenvalue weighted by Gasteiger charge is 2.36. The number of carbonyl (C=O) groups excluding carboxylic acids is 1. The largest absolute Gasteiger partial charge is 0.463 e. The average Bonchev–Trinajstić information content (AvgIpc) is 3.19. The van der Waals surface area contributed by atoms with Crippen molar-refractivity contribution in [3.05, 3.63) is 0 Å². The van der Waals surface area contributed by atoms with Gasteiger partial charge in [-0.15, -0.1) is 0 Å². The van der Waals surface area contributed by atoms with E-state index in [0.29, 0.717) is 18.6 Å². The van der Waals surface area contributed by atoms with Crippen LogP contribution < -0.4 is 0 Å². The van der Waals surface area contributed by atoms with Crippen LogP contribution in [0, 0.1) is 0 Å². The first-order chi connectivity index (χ1) is 9.77. The molecule has 2 atom stereocenters. The maximum Gasteiger partial charge on any atom is 0.305 e. The predicted octanol–water partition coefficient (Wildman–Crippen LogP) is 3.21. The van der Waals surface area contributed by atoms with Crippen molar-refractivity contribution in [1.29, 1.82) is 0 Å². The van der Waals surface area contributed by atoms with Crippen LogP contribution in [0.4, 0.5) is 0 Å². The minimum atomic E-state index is -0.199. The monoisotopic (exact) mass is 286 g/mol. The number of unbranched alkanes of at least 4 members (excludes halogenated alkanes) is 5. The maximum atomic E-state index is 11.2. The highest BCUT2D eigenvalue weighted by Crippen LogP contribution is 2.31. The molecule has 0 bridgehead atoms. The number of hydrogen-bond donors (Lipinski definition) is 1. The van der Waals surface area contributed by atoms with E-state index in [4.69, 9.17) is 14.6 Å². The third-order valence-electron chi connectivity index (χ3n) is 3.75. The molecule has 1 N–H and O–H groups in total. The molecule has 1 rings (SSSR count). The van der Waals surface area contributed by atoms with E-state index in [-0.39, 0.29) is 19.2 Å². The van der Waals surface area contributed by atoms with Crippen molar-refractivity contribution in [2.75, 3.05) is 13.2 Å². The molecule has 1 heterocycles. The van der Waals surface area contributed by atoms with Crippen molar-refractivity contribution in [3.63, 3.8) is 0 Å². The van der Waals surface area contributed by atoms with Gasteiger partial charge in [-0.05, 0) is 19.3 Å². The summed E-state index contributed by atoms with van der Waals surface area (Å²) in [6.45, 7) is 2.26. The van der Waals surface area contributed by atoms with Crippen LogP contribution >= 0.6 is 0 Å². The second-order valence-corrected chi connectivity index (χ2v) is 5.61. The van der Waals surface area contributed by atoms with Crippen molar-refractivity contribution < 1.29 is 19.4 Å². The van der Waals surface area contributed by atoms with E-state index >= 15 is 0 Å². The zero-order valence-corrected chi connectivity index (χ0v) is 12.8. The molecule has 0 radical (unpaired) electrons. The molecular weight excluding hydrogens is 256 g/mol. The van der Waals surface area contributed by atoms with Crippen LogP contribution in [-0.2, 0) is 14.3 Å². The number of ether oxygens (including phenoxy) is 2. The van der Waals surface area contributed by atoms with Crippen LogP contribution in [0.5, 0.6) is 0 Å². The van der Waals surface area contributed by atoms with Crippen LogP contribution in [0.25, 0.3) is 0 Å². The summed E-state index contributed by atoms with van der Waals surface area (Å²) in [5, 5.41) is 8.52. The molecule has 0 aliphatic carbocycles. The Bertz CT molecular complexity index is 255. The fourth-order valence-electron chi connectivity index (χ4n) is 2.48. The Morgan fingerprint density at radius 2 is 1.70 bits per heavy atom. The molecule has 1 fully saturated rings. The van der Waals surface area contributed by atoms with Gasteiger partial charge in [0.15, 0.2) is 0 Å². The summed E-state index contributed by atoms with van der Waals surface area (Å²) in [6.07, 6.45) is 12.1. The number of epoxide rings is 1. The lowest BCUT2D eigenvalue weighted by molar-refractivity contribution is -0.144. The summed E-state index contributed by atoms with van der Waals surface area (Å²) in [5.74, 6) is -0.199. The molecule has 2 unspecified atom stereocenters. The van der Waals surface area contributed by atoms with Gasteiger partial charge in [0, 0.05) is 6.42 Å². The van der Waals surface area contributed by atoms with Crippen molar-refractivity contribution in [2.45, 2.75) is 83.3 Å². The molecule has 4 nitrogen and oxygen atoms in total. The van der Waals surface area contributed by atoms with Gasteiger partial charge in [0.1, 0.15) is 6.61 Å². The van der Waals surface area contributed by atoms with Gasteiger partial charge < -0.3 is 14.6 Å². The number of carbonyl (C=O) groups is 1. The summed E-state index contributed by atoms with van der Waals surface area (Å²) in [4.78, 5) is 11.2. The van der Waals surface area contributed by atoms with Gasteiger partial charge in [0.2, 0.25) is 0 Å². The van der Waals surface area contributed by atoms with E-state index in [9.17, 15) is 4.79 Å². The maximum absolute atomic E-state index is 11.2. The Morgan fingerprint density at radius 1 is 1.05 bits per heavy atom. The molecule has 1 aliphatic rings. The Balaban J connectivity index is 1.83. The molecule has 1 saturated heterocycles. The van der Waals surface area contributed by atoms with Crippen LogP contribution in [0.3, 0.4) is 0 Å². The Kier molecular flexibility index (Phi) is 9.67.